The molecule has 3 aromatic rings. The Bertz CT molecular complexity index is 2170. The fourth-order valence-corrected chi connectivity index (χ4v) is 8.15. The first-order chi connectivity index (χ1) is 29.6. The summed E-state index contributed by atoms with van der Waals surface area (Å²) < 4.78 is 56.0. The Hall–Kier alpha value is -5.96. The molecule has 0 radical (unpaired) electrons. The lowest BCUT2D eigenvalue weighted by Crippen LogP contribution is -2.48. The van der Waals surface area contributed by atoms with E-state index in [1.165, 1.54) is 50.7 Å². The largest absolute Gasteiger partial charge is 0.495 e. The van der Waals surface area contributed by atoms with Crippen molar-refractivity contribution in [3.05, 3.63) is 42.1 Å². The molecule has 1 unspecified atom stereocenters. The molecule has 0 bridgehead atoms. The lowest BCUT2D eigenvalue weighted by atomic mass is 9.94. The number of halogens is 3. The number of carbonyl (C=O) groups excluding carboxylic acids is 4. The van der Waals surface area contributed by atoms with Crippen LogP contribution in [0.25, 0.3) is 0 Å². The van der Waals surface area contributed by atoms with Gasteiger partial charge >= 0.3 is 5.92 Å². The highest BCUT2D eigenvalue weighted by Crippen LogP contribution is 2.38. The molecule has 21 heteroatoms. The average molecular weight is 867 g/mol. The molecule has 0 aliphatic carbocycles. The number of amides is 4. The van der Waals surface area contributed by atoms with Gasteiger partial charge in [0.2, 0.25) is 17.8 Å². The number of methoxy groups -OCH3 is 2. The van der Waals surface area contributed by atoms with Gasteiger partial charge in [-0.2, -0.15) is 13.8 Å². The Balaban J connectivity index is 0.868. The molecular formula is C41H53F3N12O6. The number of carbonyl (C=O) groups is 4. The van der Waals surface area contributed by atoms with Gasteiger partial charge in [0.25, 0.3) is 11.8 Å². The molecule has 62 heavy (non-hydrogen) atoms. The van der Waals surface area contributed by atoms with Crippen LogP contribution in [-0.2, 0) is 14.4 Å². The molecule has 334 valence electrons. The lowest BCUT2D eigenvalue weighted by molar-refractivity contribution is -0.140. The number of piperidine rings is 2. The molecule has 4 aliphatic rings. The summed E-state index contributed by atoms with van der Waals surface area (Å²) in [6, 6.07) is 3.43. The zero-order chi connectivity index (χ0) is 44.3. The minimum Gasteiger partial charge on any atom is -0.495 e. The number of hydrogen-bond acceptors (Lipinski definition) is 15. The normalized spacial score (nSPS) is 20.1. The first kappa shape index (κ1) is 44.1. The summed E-state index contributed by atoms with van der Waals surface area (Å²) in [5, 5.41) is 10.2. The Kier molecular flexibility index (Phi) is 13.2. The summed E-state index contributed by atoms with van der Waals surface area (Å²) >= 11 is 0. The summed E-state index contributed by atoms with van der Waals surface area (Å²) in [4.78, 5) is 69.2. The van der Waals surface area contributed by atoms with Crippen LogP contribution >= 0.6 is 0 Å². The number of hydrogen-bond donors (Lipinski definition) is 4. The number of pyridine rings is 1. The van der Waals surface area contributed by atoms with E-state index in [0.29, 0.717) is 61.3 Å². The zero-order valence-corrected chi connectivity index (χ0v) is 35.5. The topological polar surface area (TPSA) is 190 Å². The molecule has 3 saturated heterocycles. The average Bonchev–Trinajstić information content (AvgIpc) is 3.33. The number of aromatic nitrogens is 3. The second-order valence-corrected chi connectivity index (χ2v) is 16.2. The number of nitrogens with one attached hydrogen (secondary N) is 4. The maximum atomic E-state index is 15.4. The van der Waals surface area contributed by atoms with Gasteiger partial charge in [0.15, 0.2) is 5.82 Å². The smallest absolute Gasteiger partial charge is 0.342 e. The van der Waals surface area contributed by atoms with E-state index in [0.717, 1.165) is 43.8 Å². The molecule has 3 fully saturated rings. The van der Waals surface area contributed by atoms with E-state index in [4.69, 9.17) is 9.47 Å². The number of imide groups is 1. The first-order valence-electron chi connectivity index (χ1n) is 20.8. The number of anilines is 6. The fraction of sp³-hybridized carbons (Fsp3) is 0.537. The Labute approximate surface area is 357 Å². The van der Waals surface area contributed by atoms with E-state index in [-0.39, 0.29) is 41.2 Å². The van der Waals surface area contributed by atoms with Crippen LogP contribution in [0.1, 0.15) is 56.4 Å². The van der Waals surface area contributed by atoms with Crippen LogP contribution in [0.2, 0.25) is 0 Å². The van der Waals surface area contributed by atoms with Gasteiger partial charge < -0.3 is 34.8 Å². The zero-order valence-electron chi connectivity index (χ0n) is 35.5. The van der Waals surface area contributed by atoms with Crippen molar-refractivity contribution in [2.24, 2.45) is 5.92 Å². The van der Waals surface area contributed by atoms with E-state index >= 15 is 4.39 Å². The van der Waals surface area contributed by atoms with Gasteiger partial charge in [0, 0.05) is 77.0 Å². The van der Waals surface area contributed by atoms with Crippen molar-refractivity contribution in [3.8, 4) is 11.5 Å². The summed E-state index contributed by atoms with van der Waals surface area (Å²) in [6.07, 6.45) is 6.05. The van der Waals surface area contributed by atoms with Crippen LogP contribution in [0.3, 0.4) is 0 Å². The molecule has 4 N–H and O–H groups in total. The van der Waals surface area contributed by atoms with Crippen molar-refractivity contribution < 1.29 is 41.8 Å². The van der Waals surface area contributed by atoms with E-state index in [1.54, 1.807) is 19.9 Å². The van der Waals surface area contributed by atoms with E-state index in [9.17, 15) is 28.0 Å². The van der Waals surface area contributed by atoms with Gasteiger partial charge in [-0.15, -0.1) is 0 Å². The molecule has 1 atom stereocenters. The monoisotopic (exact) mass is 866 g/mol. The molecule has 7 rings (SSSR count). The van der Waals surface area contributed by atoms with Crippen molar-refractivity contribution in [2.75, 3.05) is 99.0 Å². The minimum atomic E-state index is -3.62. The van der Waals surface area contributed by atoms with Gasteiger partial charge in [-0.05, 0) is 52.0 Å². The predicted molar refractivity (Wildman–Crippen MR) is 225 cm³/mol. The molecule has 2 aromatic heterocycles. The van der Waals surface area contributed by atoms with Crippen LogP contribution in [0.4, 0.5) is 47.7 Å². The van der Waals surface area contributed by atoms with Gasteiger partial charge in [0.1, 0.15) is 40.4 Å². The highest BCUT2D eigenvalue weighted by atomic mass is 19.3. The molecule has 18 nitrogen and oxygen atoms in total. The van der Waals surface area contributed by atoms with Crippen molar-refractivity contribution in [2.45, 2.75) is 64.0 Å². The standard InChI is InChI=1S/C41H53F3N12O6/c1-24(2)56-23-41(43,44)39(60)52(3)32-22-46-40(50-36(32)56)48-30-21-45-29(19-33(30)61-4)38(59)51-55-12-9-25(10-13-55)8-11-53-14-16-54(17-15-53)31-20-34(62-5)28(18-26(31)42)47-27-6-7-35(57)49-37(27)58/h18-22,24-25,27,47H,6-17,23H2,1-5H3,(H,51,59)(H,46,48,50)(H,49,57,58). The summed E-state index contributed by atoms with van der Waals surface area (Å²) in [6.45, 7) is 7.72. The van der Waals surface area contributed by atoms with Crippen molar-refractivity contribution >= 4 is 58.1 Å². The minimum absolute atomic E-state index is 0.0598. The van der Waals surface area contributed by atoms with Crippen LogP contribution in [0.5, 0.6) is 11.5 Å². The van der Waals surface area contributed by atoms with Crippen LogP contribution < -0.4 is 45.5 Å². The van der Waals surface area contributed by atoms with Crippen LogP contribution in [0.15, 0.2) is 30.6 Å². The molecule has 6 heterocycles. The van der Waals surface area contributed by atoms with E-state index in [1.807, 2.05) is 9.91 Å². The third-order valence-electron chi connectivity index (χ3n) is 11.8. The van der Waals surface area contributed by atoms with Gasteiger partial charge in [0.05, 0.1) is 44.5 Å². The first-order valence-corrected chi connectivity index (χ1v) is 20.8. The molecule has 4 amide bonds. The molecule has 4 aliphatic heterocycles. The second-order valence-electron chi connectivity index (χ2n) is 16.2. The van der Waals surface area contributed by atoms with E-state index < -0.39 is 48.1 Å². The summed E-state index contributed by atoms with van der Waals surface area (Å²) in [5.74, 6) is -5.14. The van der Waals surface area contributed by atoms with Crippen LogP contribution in [0, 0.1) is 11.7 Å². The maximum absolute atomic E-state index is 15.4. The number of piperazine rings is 1. The summed E-state index contributed by atoms with van der Waals surface area (Å²) in [7, 11) is 4.20. The number of fused-ring (bicyclic) bond motifs is 1. The number of benzene rings is 1. The summed E-state index contributed by atoms with van der Waals surface area (Å²) in [5.41, 5.74) is 4.36. The van der Waals surface area contributed by atoms with Crippen molar-refractivity contribution in [1.82, 2.24) is 35.6 Å². The molecular weight excluding hydrogens is 814 g/mol. The van der Waals surface area contributed by atoms with Crippen LogP contribution in [-0.4, -0.2) is 140 Å². The Morgan fingerprint density at radius 3 is 2.32 bits per heavy atom. The second kappa shape index (κ2) is 18.6. The Morgan fingerprint density at radius 2 is 1.65 bits per heavy atom. The lowest BCUT2D eigenvalue weighted by Gasteiger charge is -2.38. The van der Waals surface area contributed by atoms with Gasteiger partial charge in [-0.1, -0.05) is 0 Å². The van der Waals surface area contributed by atoms with Gasteiger partial charge in [-0.3, -0.25) is 34.8 Å². The quantitative estimate of drug-likeness (QED) is 0.183. The predicted octanol–water partition coefficient (Wildman–Crippen LogP) is 3.38. The molecule has 1 aromatic carbocycles. The number of alkyl halides is 2. The highest BCUT2D eigenvalue weighted by Gasteiger charge is 2.47. The SMILES string of the molecule is COc1cc(C(=O)NN2CCC(CCN3CCN(c4cc(OC)c(NC5CCC(=O)NC5=O)cc4F)CC3)CC2)ncc1Nc1ncc2c(n1)N(C(C)C)CC(F)(F)C(=O)N2C. The third-order valence-corrected chi connectivity index (χ3v) is 11.8. The number of rotatable bonds is 13. The number of hydrazine groups is 1. The van der Waals surface area contributed by atoms with Gasteiger partial charge in [-0.25, -0.2) is 19.4 Å². The highest BCUT2D eigenvalue weighted by molar-refractivity contribution is 6.02. The third kappa shape index (κ3) is 9.72. The van der Waals surface area contributed by atoms with Crippen molar-refractivity contribution in [3.63, 3.8) is 0 Å². The Morgan fingerprint density at radius 1 is 0.935 bits per heavy atom. The fourth-order valence-electron chi connectivity index (χ4n) is 8.15. The number of nitrogens with zero attached hydrogens (tertiary/aromatic N) is 8. The molecule has 0 saturated carbocycles. The van der Waals surface area contributed by atoms with E-state index in [2.05, 4.69) is 41.2 Å². The van der Waals surface area contributed by atoms with Crippen molar-refractivity contribution in [1.29, 1.82) is 0 Å². The maximum Gasteiger partial charge on any atom is 0.342 e. The molecule has 0 spiro atoms. The number of ether oxygens (including phenoxy) is 2.